The Hall–Kier alpha value is -1.14. The average molecular weight is 275 g/mol. The van der Waals surface area contributed by atoms with Crippen molar-refractivity contribution in [1.29, 1.82) is 0 Å². The summed E-state index contributed by atoms with van der Waals surface area (Å²) in [5.74, 6) is 0. The molecule has 2 amide bonds. The zero-order valence-electron chi connectivity index (χ0n) is 12.6. The van der Waals surface area contributed by atoms with Gasteiger partial charge in [0.2, 0.25) is 12.8 Å². The maximum atomic E-state index is 10.0. The van der Waals surface area contributed by atoms with Crippen LogP contribution in [0.3, 0.4) is 0 Å². The minimum atomic E-state index is 0.425. The number of amides is 2. The zero-order chi connectivity index (χ0) is 14.9. The van der Waals surface area contributed by atoms with E-state index in [4.69, 9.17) is 0 Å². The van der Waals surface area contributed by atoms with Gasteiger partial charge in [-0.2, -0.15) is 0 Å². The van der Waals surface area contributed by atoms with Crippen molar-refractivity contribution in [3.8, 4) is 0 Å². The standard InChI is InChI=1S/C7H14N2O.C4H9NO2.C2H6/c1-9-4-2-7(3-5-9)8-6-10;1-7-3-2-5-4-6;1-2/h6-7H,2-5H2,1H3,(H,8,10);4H,2-3H2,1H3,(H,5,6);1-2H3. The molecule has 0 bridgehead atoms. The molecule has 1 fully saturated rings. The van der Waals surface area contributed by atoms with E-state index in [9.17, 15) is 9.59 Å². The summed E-state index contributed by atoms with van der Waals surface area (Å²) in [7, 11) is 3.70. The molecule has 0 aliphatic carbocycles. The lowest BCUT2D eigenvalue weighted by molar-refractivity contribution is -0.110. The molecule has 0 saturated carbocycles. The van der Waals surface area contributed by atoms with Gasteiger partial charge in [-0.1, -0.05) is 13.8 Å². The van der Waals surface area contributed by atoms with Gasteiger partial charge in [0.15, 0.2) is 0 Å². The van der Waals surface area contributed by atoms with E-state index in [1.807, 2.05) is 13.8 Å². The van der Waals surface area contributed by atoms with E-state index in [2.05, 4.69) is 27.3 Å². The lowest BCUT2D eigenvalue weighted by Gasteiger charge is -2.28. The van der Waals surface area contributed by atoms with Crippen LogP contribution in [0.1, 0.15) is 26.7 Å². The zero-order valence-corrected chi connectivity index (χ0v) is 12.6. The van der Waals surface area contributed by atoms with Crippen molar-refractivity contribution in [1.82, 2.24) is 15.5 Å². The van der Waals surface area contributed by atoms with Crippen molar-refractivity contribution >= 4 is 12.8 Å². The molecule has 6 nitrogen and oxygen atoms in total. The maximum absolute atomic E-state index is 10.0. The molecule has 1 heterocycles. The number of likely N-dealkylation sites (tertiary alicyclic amines) is 1. The van der Waals surface area contributed by atoms with Gasteiger partial charge in [0.1, 0.15) is 0 Å². The van der Waals surface area contributed by atoms with Crippen molar-refractivity contribution < 1.29 is 14.3 Å². The summed E-state index contributed by atoms with van der Waals surface area (Å²) in [4.78, 5) is 21.8. The molecule has 1 saturated heterocycles. The highest BCUT2D eigenvalue weighted by Gasteiger charge is 2.14. The van der Waals surface area contributed by atoms with E-state index in [0.717, 1.165) is 32.3 Å². The van der Waals surface area contributed by atoms with E-state index in [-0.39, 0.29) is 0 Å². The number of nitrogens with one attached hydrogen (secondary N) is 2. The maximum Gasteiger partial charge on any atom is 0.207 e. The third-order valence-electron chi connectivity index (χ3n) is 2.56. The van der Waals surface area contributed by atoms with Crippen molar-refractivity contribution in [2.45, 2.75) is 32.7 Å². The molecule has 6 heteroatoms. The molecule has 0 aromatic heterocycles. The topological polar surface area (TPSA) is 70.7 Å². The fourth-order valence-corrected chi connectivity index (χ4v) is 1.49. The summed E-state index contributed by atoms with van der Waals surface area (Å²) < 4.78 is 4.62. The number of carbonyl (C=O) groups excluding carboxylic acids is 2. The number of hydrogen-bond donors (Lipinski definition) is 2. The van der Waals surface area contributed by atoms with Gasteiger partial charge >= 0.3 is 0 Å². The Morgan fingerprint density at radius 1 is 1.21 bits per heavy atom. The minimum absolute atomic E-state index is 0.425. The van der Waals surface area contributed by atoms with Gasteiger partial charge in [-0.3, -0.25) is 9.59 Å². The Kier molecular flexibility index (Phi) is 17.9. The van der Waals surface area contributed by atoms with Crippen molar-refractivity contribution in [3.63, 3.8) is 0 Å². The van der Waals surface area contributed by atoms with Crippen LogP contribution in [-0.2, 0) is 14.3 Å². The molecule has 0 aromatic carbocycles. The van der Waals surface area contributed by atoms with Gasteiger partial charge in [-0.15, -0.1) is 0 Å². The van der Waals surface area contributed by atoms with Gasteiger partial charge in [-0.25, -0.2) is 0 Å². The number of hydrogen-bond acceptors (Lipinski definition) is 4. The molecule has 19 heavy (non-hydrogen) atoms. The van der Waals surface area contributed by atoms with Crippen LogP contribution >= 0.6 is 0 Å². The predicted octanol–water partition coefficient (Wildman–Crippen LogP) is 0.232. The Bertz CT molecular complexity index is 196. The first-order valence-electron chi connectivity index (χ1n) is 6.78. The molecular formula is C13H29N3O3. The van der Waals surface area contributed by atoms with E-state index in [1.165, 1.54) is 0 Å². The van der Waals surface area contributed by atoms with Gasteiger partial charge in [0.25, 0.3) is 0 Å². The van der Waals surface area contributed by atoms with Crippen LogP contribution in [-0.4, -0.2) is 64.2 Å². The second-order valence-electron chi connectivity index (χ2n) is 3.93. The number of rotatable bonds is 6. The van der Waals surface area contributed by atoms with Crippen LogP contribution in [0.15, 0.2) is 0 Å². The number of piperidine rings is 1. The first kappa shape index (κ1) is 20.2. The van der Waals surface area contributed by atoms with E-state index >= 15 is 0 Å². The summed E-state index contributed by atoms with van der Waals surface area (Å²) in [5, 5.41) is 5.24. The molecule has 114 valence electrons. The minimum Gasteiger partial charge on any atom is -0.383 e. The number of ether oxygens (including phenoxy) is 1. The summed E-state index contributed by atoms with van der Waals surface area (Å²) in [6.45, 7) is 7.38. The Morgan fingerprint density at radius 3 is 2.21 bits per heavy atom. The fraction of sp³-hybridized carbons (Fsp3) is 0.846. The lowest BCUT2D eigenvalue weighted by Crippen LogP contribution is -2.40. The fourth-order valence-electron chi connectivity index (χ4n) is 1.49. The number of carbonyl (C=O) groups is 2. The summed E-state index contributed by atoms with van der Waals surface area (Å²) in [6.07, 6.45) is 3.64. The van der Waals surface area contributed by atoms with Crippen LogP contribution in [0.25, 0.3) is 0 Å². The van der Waals surface area contributed by atoms with E-state index in [0.29, 0.717) is 25.6 Å². The Balaban J connectivity index is 0. The highest BCUT2D eigenvalue weighted by molar-refractivity contribution is 5.46. The normalized spacial score (nSPS) is 15.2. The molecule has 0 aromatic rings. The first-order valence-corrected chi connectivity index (χ1v) is 6.78. The molecule has 1 aliphatic heterocycles. The molecule has 1 aliphatic rings. The Labute approximate surface area is 116 Å². The molecule has 0 atom stereocenters. The van der Waals surface area contributed by atoms with E-state index in [1.54, 1.807) is 7.11 Å². The second-order valence-corrected chi connectivity index (χ2v) is 3.93. The molecular weight excluding hydrogens is 246 g/mol. The van der Waals surface area contributed by atoms with Gasteiger partial charge in [0.05, 0.1) is 6.61 Å². The average Bonchev–Trinajstić information content (AvgIpc) is 2.45. The smallest absolute Gasteiger partial charge is 0.207 e. The number of nitrogens with zero attached hydrogens (tertiary/aromatic N) is 1. The highest BCUT2D eigenvalue weighted by Crippen LogP contribution is 2.06. The molecule has 0 unspecified atom stereocenters. The third-order valence-corrected chi connectivity index (χ3v) is 2.56. The molecule has 0 spiro atoms. The largest absolute Gasteiger partial charge is 0.383 e. The SMILES string of the molecule is CC.CN1CCC(NC=O)CC1.COCCNC=O. The predicted molar refractivity (Wildman–Crippen MR) is 77.0 cm³/mol. The van der Waals surface area contributed by atoms with E-state index < -0.39 is 0 Å². The highest BCUT2D eigenvalue weighted by atomic mass is 16.5. The summed E-state index contributed by atoms with van der Waals surface area (Å²) >= 11 is 0. The molecule has 0 radical (unpaired) electrons. The molecule has 2 N–H and O–H groups in total. The van der Waals surface area contributed by atoms with Gasteiger partial charge in [0, 0.05) is 19.7 Å². The summed E-state index contributed by atoms with van der Waals surface area (Å²) in [5.41, 5.74) is 0. The van der Waals surface area contributed by atoms with Gasteiger partial charge < -0.3 is 20.3 Å². The van der Waals surface area contributed by atoms with Crippen LogP contribution < -0.4 is 10.6 Å². The van der Waals surface area contributed by atoms with Crippen molar-refractivity contribution in [2.75, 3.05) is 40.4 Å². The lowest BCUT2D eigenvalue weighted by atomic mass is 10.1. The first-order chi connectivity index (χ1) is 9.24. The van der Waals surface area contributed by atoms with Crippen molar-refractivity contribution in [2.24, 2.45) is 0 Å². The quantitative estimate of drug-likeness (QED) is 0.538. The number of methoxy groups -OCH3 is 1. The second kappa shape index (κ2) is 16.9. The monoisotopic (exact) mass is 275 g/mol. The van der Waals surface area contributed by atoms with Crippen LogP contribution in [0.5, 0.6) is 0 Å². The van der Waals surface area contributed by atoms with Crippen LogP contribution in [0.4, 0.5) is 0 Å². The van der Waals surface area contributed by atoms with Crippen LogP contribution in [0, 0.1) is 0 Å². The van der Waals surface area contributed by atoms with Crippen molar-refractivity contribution in [3.05, 3.63) is 0 Å². The third kappa shape index (κ3) is 14.8. The molecule has 1 rings (SSSR count). The summed E-state index contributed by atoms with van der Waals surface area (Å²) in [6, 6.07) is 0.425. The van der Waals surface area contributed by atoms with Crippen LogP contribution in [0.2, 0.25) is 0 Å². The van der Waals surface area contributed by atoms with Gasteiger partial charge in [-0.05, 0) is 33.0 Å². The Morgan fingerprint density at radius 2 is 1.79 bits per heavy atom.